The molecule has 9 nitrogen and oxygen atoms in total. The van der Waals surface area contributed by atoms with Gasteiger partial charge in [-0.05, 0) is 67.7 Å². The first-order valence-electron chi connectivity index (χ1n) is 13.1. The highest BCUT2D eigenvalue weighted by Gasteiger charge is 2.44. The molecule has 1 atom stereocenters. The van der Waals surface area contributed by atoms with Crippen LogP contribution in [0.3, 0.4) is 0 Å². The summed E-state index contributed by atoms with van der Waals surface area (Å²) in [7, 11) is 1.54. The lowest BCUT2D eigenvalue weighted by molar-refractivity contribution is -0.124. The first-order chi connectivity index (χ1) is 21.0. The van der Waals surface area contributed by atoms with Crippen LogP contribution in [-0.4, -0.2) is 60.6 Å². The molecule has 232 valence electrons. The average molecular weight is 719 g/mol. The van der Waals surface area contributed by atoms with E-state index in [-0.39, 0.29) is 62.0 Å². The summed E-state index contributed by atoms with van der Waals surface area (Å²) in [6, 6.07) is 12.1. The van der Waals surface area contributed by atoms with Gasteiger partial charge in [-0.1, -0.05) is 58.0 Å². The Labute approximate surface area is 284 Å². The highest BCUT2D eigenvalue weighted by atomic mass is 35.5. The summed E-state index contributed by atoms with van der Waals surface area (Å²) in [5.41, 5.74) is 1.53. The number of esters is 1. The summed E-state index contributed by atoms with van der Waals surface area (Å²) >= 11 is 36.9. The third-order valence-corrected chi connectivity index (χ3v) is 9.27. The Balaban J connectivity index is 1.57. The molecule has 15 heteroatoms. The lowest BCUT2D eigenvalue weighted by Gasteiger charge is -2.25. The van der Waals surface area contributed by atoms with Crippen molar-refractivity contribution in [1.29, 1.82) is 0 Å². The van der Waals surface area contributed by atoms with E-state index in [1.165, 1.54) is 17.0 Å². The van der Waals surface area contributed by atoms with Crippen molar-refractivity contribution in [1.82, 2.24) is 4.90 Å². The van der Waals surface area contributed by atoms with Gasteiger partial charge in [0.1, 0.15) is 11.8 Å². The lowest BCUT2D eigenvalue weighted by Crippen LogP contribution is -2.40. The maximum absolute atomic E-state index is 13.8. The van der Waals surface area contributed by atoms with E-state index in [0.29, 0.717) is 22.7 Å². The van der Waals surface area contributed by atoms with Gasteiger partial charge in [0.2, 0.25) is 5.91 Å². The molecule has 0 spiro atoms. The Morgan fingerprint density at radius 1 is 0.909 bits per heavy atom. The van der Waals surface area contributed by atoms with E-state index < -0.39 is 23.8 Å². The van der Waals surface area contributed by atoms with E-state index in [2.05, 4.69) is 10.6 Å². The molecular weight excluding hydrogens is 694 g/mol. The molecule has 2 amide bonds. The van der Waals surface area contributed by atoms with E-state index in [9.17, 15) is 14.4 Å². The van der Waals surface area contributed by atoms with Crippen molar-refractivity contribution >= 4 is 110 Å². The maximum Gasteiger partial charge on any atom is 0.338 e. The number of benzene rings is 3. The number of rotatable bonds is 11. The zero-order valence-electron chi connectivity index (χ0n) is 23.3. The molecule has 3 aromatic rings. The van der Waals surface area contributed by atoms with Crippen molar-refractivity contribution in [3.05, 3.63) is 79.2 Å². The van der Waals surface area contributed by atoms with E-state index in [1.807, 2.05) is 0 Å². The highest BCUT2D eigenvalue weighted by molar-refractivity contribution is 7.80. The molecule has 0 radical (unpaired) electrons. The molecule has 4 rings (SSSR count). The number of hydrogen-bond acceptors (Lipinski definition) is 7. The first-order valence-corrected chi connectivity index (χ1v) is 15.4. The van der Waals surface area contributed by atoms with Crippen LogP contribution < -0.4 is 20.3 Å². The number of methoxy groups -OCH3 is 1. The predicted octanol–water partition coefficient (Wildman–Crippen LogP) is 7.58. The topological polar surface area (TPSA) is 100 Å². The summed E-state index contributed by atoms with van der Waals surface area (Å²) in [6.07, 6.45) is -0.206. The van der Waals surface area contributed by atoms with E-state index >= 15 is 0 Å². The van der Waals surface area contributed by atoms with Gasteiger partial charge < -0.3 is 25.0 Å². The number of carbonyl (C=O) groups excluding carboxylic acids is 3. The number of halogens is 5. The fourth-order valence-corrected chi connectivity index (χ4v) is 6.10. The average Bonchev–Trinajstić information content (AvgIpc) is 3.24. The number of ether oxygens (including phenoxy) is 2. The van der Waals surface area contributed by atoms with Gasteiger partial charge in [0, 0.05) is 18.8 Å². The van der Waals surface area contributed by atoms with Crippen LogP contribution in [0.1, 0.15) is 23.7 Å². The van der Waals surface area contributed by atoms with Gasteiger partial charge in [-0.3, -0.25) is 14.5 Å². The van der Waals surface area contributed by atoms with Gasteiger partial charge in [0.25, 0.3) is 5.91 Å². The Morgan fingerprint density at radius 3 is 2.07 bits per heavy atom. The quantitative estimate of drug-likeness (QED) is 0.0907. The Hall–Kier alpha value is -2.99. The second kappa shape index (κ2) is 14.9. The van der Waals surface area contributed by atoms with E-state index in [0.717, 1.165) is 0 Å². The number of nitrogens with one attached hydrogen (secondary N) is 2. The second-order valence-electron chi connectivity index (χ2n) is 9.29. The standard InChI is InChI=1S/C29H25Cl5N4O5S/c1-3-43-28(41)15-4-8-17(9-5-15)38-27(40)19(14-20(39)36-16-6-10-18(42-2)11-7-16)37(29(38)44)13-12-35-26-24(33)22(31)21(30)23(32)25(26)34/h4-11,19,35H,3,12-14H2,1-2H3,(H,36,39). The van der Waals surface area contributed by atoms with Crippen molar-refractivity contribution < 1.29 is 23.9 Å². The summed E-state index contributed by atoms with van der Waals surface area (Å²) in [6.45, 7) is 2.27. The van der Waals surface area contributed by atoms with E-state index in [4.69, 9.17) is 79.7 Å². The maximum atomic E-state index is 13.8. The van der Waals surface area contributed by atoms with Crippen LogP contribution in [0.25, 0.3) is 0 Å². The zero-order valence-corrected chi connectivity index (χ0v) is 27.9. The number of nitrogens with zero attached hydrogens (tertiary/aromatic N) is 2. The summed E-state index contributed by atoms with van der Waals surface area (Å²) in [4.78, 5) is 42.0. The number of carbonyl (C=O) groups is 3. The summed E-state index contributed by atoms with van der Waals surface area (Å²) < 4.78 is 10.2. The van der Waals surface area contributed by atoms with Crippen LogP contribution >= 0.6 is 70.2 Å². The van der Waals surface area contributed by atoms with Crippen LogP contribution in [0.15, 0.2) is 48.5 Å². The minimum Gasteiger partial charge on any atom is -0.497 e. The molecule has 1 fully saturated rings. The Kier molecular flexibility index (Phi) is 11.4. The molecule has 1 aliphatic rings. The minimum atomic E-state index is -0.949. The molecule has 0 bridgehead atoms. The molecule has 1 saturated heterocycles. The molecule has 1 aliphatic heterocycles. The lowest BCUT2D eigenvalue weighted by atomic mass is 10.1. The molecule has 0 aliphatic carbocycles. The third kappa shape index (κ3) is 7.28. The van der Waals surface area contributed by atoms with Crippen LogP contribution in [0.5, 0.6) is 5.75 Å². The Bertz CT molecular complexity index is 1560. The molecule has 0 aromatic heterocycles. The van der Waals surface area contributed by atoms with Crippen molar-refractivity contribution in [2.45, 2.75) is 19.4 Å². The van der Waals surface area contributed by atoms with Crippen molar-refractivity contribution in [2.75, 3.05) is 42.3 Å². The largest absolute Gasteiger partial charge is 0.497 e. The van der Waals surface area contributed by atoms with Gasteiger partial charge in [0.15, 0.2) is 5.11 Å². The monoisotopic (exact) mass is 716 g/mol. The van der Waals surface area contributed by atoms with Gasteiger partial charge in [0.05, 0.1) is 62.2 Å². The van der Waals surface area contributed by atoms with Crippen molar-refractivity contribution in [2.24, 2.45) is 0 Å². The molecule has 44 heavy (non-hydrogen) atoms. The first kappa shape index (κ1) is 33.9. The molecular formula is C29H25Cl5N4O5S. The molecule has 2 N–H and O–H groups in total. The smallest absolute Gasteiger partial charge is 0.338 e. The van der Waals surface area contributed by atoms with Gasteiger partial charge in [-0.25, -0.2) is 4.79 Å². The normalized spacial score (nSPS) is 14.6. The molecule has 0 saturated carbocycles. The fourth-order valence-electron chi connectivity index (χ4n) is 4.41. The van der Waals surface area contributed by atoms with E-state index in [1.54, 1.807) is 55.3 Å². The second-order valence-corrected chi connectivity index (χ2v) is 11.5. The SMILES string of the molecule is CCOC(=O)c1ccc(N2C(=O)C(CC(=O)Nc3ccc(OC)cc3)N(CCNc3c(Cl)c(Cl)c(Cl)c(Cl)c3Cl)C2=S)cc1. The molecule has 3 aromatic carbocycles. The van der Waals surface area contributed by atoms with Crippen LogP contribution in [0.4, 0.5) is 17.1 Å². The fraction of sp³-hybridized carbons (Fsp3) is 0.241. The van der Waals surface area contributed by atoms with Crippen LogP contribution in [-0.2, 0) is 14.3 Å². The predicted molar refractivity (Wildman–Crippen MR) is 179 cm³/mol. The third-order valence-electron chi connectivity index (χ3n) is 6.57. The van der Waals surface area contributed by atoms with Gasteiger partial charge in [-0.15, -0.1) is 0 Å². The molecule has 1 unspecified atom stereocenters. The van der Waals surface area contributed by atoms with Crippen molar-refractivity contribution in [3.8, 4) is 5.75 Å². The number of hydrogen-bond donors (Lipinski definition) is 2. The number of anilines is 3. The van der Waals surface area contributed by atoms with Crippen LogP contribution in [0, 0.1) is 0 Å². The molecule has 1 heterocycles. The summed E-state index contributed by atoms with van der Waals surface area (Å²) in [5, 5.41) is 6.26. The Morgan fingerprint density at radius 2 is 1.50 bits per heavy atom. The number of amides is 2. The minimum absolute atomic E-state index is 0.0211. The highest BCUT2D eigenvalue weighted by Crippen LogP contribution is 2.46. The van der Waals surface area contributed by atoms with Gasteiger partial charge in [-0.2, -0.15) is 0 Å². The van der Waals surface area contributed by atoms with Crippen LogP contribution in [0.2, 0.25) is 25.1 Å². The van der Waals surface area contributed by atoms with Crippen molar-refractivity contribution in [3.63, 3.8) is 0 Å². The summed E-state index contributed by atoms with van der Waals surface area (Å²) in [5.74, 6) is -0.686. The number of thiocarbonyl (C=S) groups is 1. The zero-order chi connectivity index (χ0) is 32.1. The van der Waals surface area contributed by atoms with Gasteiger partial charge >= 0.3 is 5.97 Å².